The molecule has 302 valence electrons. The van der Waals surface area contributed by atoms with Crippen molar-refractivity contribution in [2.75, 3.05) is 13.2 Å². The molecule has 6 nitrogen and oxygen atoms in total. The first-order valence-electron chi connectivity index (χ1n) is 22.2. The van der Waals surface area contributed by atoms with Gasteiger partial charge in [0.15, 0.2) is 6.10 Å². The summed E-state index contributed by atoms with van der Waals surface area (Å²) in [5.41, 5.74) is 0. The Hall–Kier alpha value is -1.59. The molecule has 0 rings (SSSR count). The van der Waals surface area contributed by atoms with Gasteiger partial charge in [-0.05, 0) is 31.1 Å². The minimum atomic E-state index is -0.759. The number of rotatable bonds is 39. The summed E-state index contributed by atoms with van der Waals surface area (Å²) in [6.07, 6.45) is 35.2. The van der Waals surface area contributed by atoms with Crippen molar-refractivity contribution in [2.45, 2.75) is 246 Å². The van der Waals surface area contributed by atoms with E-state index in [9.17, 15) is 14.4 Å². The second kappa shape index (κ2) is 38.1. The zero-order valence-corrected chi connectivity index (χ0v) is 34.7. The van der Waals surface area contributed by atoms with Crippen LogP contribution < -0.4 is 0 Å². The highest BCUT2D eigenvalue weighted by atomic mass is 16.6. The van der Waals surface area contributed by atoms with E-state index in [1.54, 1.807) is 0 Å². The molecule has 0 aliphatic heterocycles. The van der Waals surface area contributed by atoms with Crippen molar-refractivity contribution in [1.29, 1.82) is 0 Å². The average molecular weight is 723 g/mol. The van der Waals surface area contributed by atoms with Crippen molar-refractivity contribution in [3.05, 3.63) is 0 Å². The number of unbranched alkanes of at least 4 members (excludes halogenated alkanes) is 24. The van der Waals surface area contributed by atoms with E-state index in [0.29, 0.717) is 19.3 Å². The van der Waals surface area contributed by atoms with Crippen LogP contribution >= 0.6 is 0 Å². The third-order valence-electron chi connectivity index (χ3n) is 9.97. The fourth-order valence-electron chi connectivity index (χ4n) is 6.58. The molecule has 0 amide bonds. The Bertz CT molecular complexity index is 779. The third kappa shape index (κ3) is 39.5. The fourth-order valence-corrected chi connectivity index (χ4v) is 6.58. The van der Waals surface area contributed by atoms with Gasteiger partial charge in [-0.3, -0.25) is 14.4 Å². The lowest BCUT2D eigenvalue weighted by Gasteiger charge is -2.18. The number of ether oxygens (including phenoxy) is 3. The summed E-state index contributed by atoms with van der Waals surface area (Å²) < 4.78 is 16.7. The molecular weight excluding hydrogens is 636 g/mol. The second-order valence-electron chi connectivity index (χ2n) is 16.3. The first kappa shape index (κ1) is 49.4. The Balaban J connectivity index is 4.31. The SMILES string of the molecule is CCCCCCCCCCCC(=O)O[C@@H](COC(=O)CCCCCCCCCCCCC(C)C)COC(=O)CCCCCCCCCCC(C)C. The fraction of sp³-hybridized carbons (Fsp3) is 0.933. The van der Waals surface area contributed by atoms with Crippen LogP contribution in [0.25, 0.3) is 0 Å². The minimum Gasteiger partial charge on any atom is -0.462 e. The van der Waals surface area contributed by atoms with Crippen molar-refractivity contribution in [3.8, 4) is 0 Å². The highest BCUT2D eigenvalue weighted by molar-refractivity contribution is 5.71. The molecule has 0 aromatic heterocycles. The smallest absolute Gasteiger partial charge is 0.306 e. The molecule has 0 bridgehead atoms. The normalized spacial score (nSPS) is 12.1. The Morgan fingerprint density at radius 3 is 0.961 bits per heavy atom. The van der Waals surface area contributed by atoms with E-state index in [4.69, 9.17) is 14.2 Å². The number of esters is 3. The summed E-state index contributed by atoms with van der Waals surface area (Å²) in [7, 11) is 0. The molecule has 0 saturated heterocycles. The maximum Gasteiger partial charge on any atom is 0.306 e. The summed E-state index contributed by atoms with van der Waals surface area (Å²) >= 11 is 0. The van der Waals surface area contributed by atoms with E-state index in [1.165, 1.54) is 128 Å². The van der Waals surface area contributed by atoms with Crippen LogP contribution in [0, 0.1) is 11.8 Å². The van der Waals surface area contributed by atoms with E-state index in [-0.39, 0.29) is 31.1 Å². The van der Waals surface area contributed by atoms with Gasteiger partial charge < -0.3 is 14.2 Å². The van der Waals surface area contributed by atoms with E-state index in [0.717, 1.165) is 69.6 Å². The van der Waals surface area contributed by atoms with Crippen LogP contribution in [-0.4, -0.2) is 37.2 Å². The maximum atomic E-state index is 12.6. The molecule has 6 heteroatoms. The average Bonchev–Trinajstić information content (AvgIpc) is 3.09. The van der Waals surface area contributed by atoms with E-state index >= 15 is 0 Å². The molecule has 0 radical (unpaired) electrons. The van der Waals surface area contributed by atoms with Gasteiger partial charge in [0.25, 0.3) is 0 Å². The molecule has 0 spiro atoms. The lowest BCUT2D eigenvalue weighted by molar-refractivity contribution is -0.167. The molecule has 0 saturated carbocycles. The molecule has 1 atom stereocenters. The van der Waals surface area contributed by atoms with E-state index < -0.39 is 6.10 Å². The summed E-state index contributed by atoms with van der Waals surface area (Å²) in [6, 6.07) is 0. The Morgan fingerprint density at radius 2 is 0.647 bits per heavy atom. The van der Waals surface area contributed by atoms with Crippen molar-refractivity contribution >= 4 is 17.9 Å². The minimum absolute atomic E-state index is 0.0655. The van der Waals surface area contributed by atoms with Gasteiger partial charge in [-0.2, -0.15) is 0 Å². The quantitative estimate of drug-likeness (QED) is 0.0357. The van der Waals surface area contributed by atoms with Gasteiger partial charge in [0.1, 0.15) is 13.2 Å². The lowest BCUT2D eigenvalue weighted by atomic mass is 10.0. The van der Waals surface area contributed by atoms with Crippen LogP contribution in [0.3, 0.4) is 0 Å². The zero-order valence-electron chi connectivity index (χ0n) is 34.7. The van der Waals surface area contributed by atoms with Crippen LogP contribution in [0.4, 0.5) is 0 Å². The third-order valence-corrected chi connectivity index (χ3v) is 9.97. The number of hydrogen-bond acceptors (Lipinski definition) is 6. The Morgan fingerprint density at radius 1 is 0.373 bits per heavy atom. The standard InChI is InChI=1S/C45H86O6/c1-6-7-8-9-10-13-22-27-32-37-45(48)51-42(39-50-44(47)36-31-26-21-17-16-19-24-29-34-41(4)5)38-49-43(46)35-30-25-20-15-12-11-14-18-23-28-33-40(2)3/h40-42H,6-39H2,1-5H3/t42-/m0/s1. The highest BCUT2D eigenvalue weighted by Crippen LogP contribution is 2.16. The van der Waals surface area contributed by atoms with Crippen molar-refractivity contribution < 1.29 is 28.6 Å². The molecule has 0 aromatic rings. The molecule has 0 heterocycles. The van der Waals surface area contributed by atoms with Gasteiger partial charge in [0, 0.05) is 19.3 Å². The number of hydrogen-bond donors (Lipinski definition) is 0. The largest absolute Gasteiger partial charge is 0.462 e. The van der Waals surface area contributed by atoms with E-state index in [2.05, 4.69) is 34.6 Å². The Labute approximate surface area is 317 Å². The molecule has 51 heavy (non-hydrogen) atoms. The van der Waals surface area contributed by atoms with Crippen LogP contribution in [-0.2, 0) is 28.6 Å². The summed E-state index contributed by atoms with van der Waals surface area (Å²) in [5.74, 6) is 0.752. The van der Waals surface area contributed by atoms with Gasteiger partial charge in [-0.1, -0.05) is 202 Å². The molecule has 0 N–H and O–H groups in total. The first-order valence-corrected chi connectivity index (χ1v) is 22.2. The van der Waals surface area contributed by atoms with Crippen LogP contribution in [0.5, 0.6) is 0 Å². The maximum absolute atomic E-state index is 12.6. The summed E-state index contributed by atoms with van der Waals surface area (Å²) in [6.45, 7) is 11.3. The van der Waals surface area contributed by atoms with Crippen molar-refractivity contribution in [1.82, 2.24) is 0 Å². The van der Waals surface area contributed by atoms with Crippen molar-refractivity contribution in [2.24, 2.45) is 11.8 Å². The number of carbonyl (C=O) groups excluding carboxylic acids is 3. The molecular formula is C45H86O6. The van der Waals surface area contributed by atoms with Crippen LogP contribution in [0.15, 0.2) is 0 Å². The van der Waals surface area contributed by atoms with Gasteiger partial charge >= 0.3 is 17.9 Å². The monoisotopic (exact) mass is 723 g/mol. The van der Waals surface area contributed by atoms with Crippen LogP contribution in [0.2, 0.25) is 0 Å². The van der Waals surface area contributed by atoms with Crippen LogP contribution in [0.1, 0.15) is 240 Å². The Kier molecular flexibility index (Phi) is 37.0. The second-order valence-corrected chi connectivity index (χ2v) is 16.3. The zero-order chi connectivity index (χ0) is 37.6. The first-order chi connectivity index (χ1) is 24.7. The summed E-state index contributed by atoms with van der Waals surface area (Å²) in [4.78, 5) is 37.6. The van der Waals surface area contributed by atoms with Gasteiger partial charge in [-0.15, -0.1) is 0 Å². The molecule has 0 aliphatic rings. The van der Waals surface area contributed by atoms with E-state index in [1.807, 2.05) is 0 Å². The predicted molar refractivity (Wildman–Crippen MR) is 215 cm³/mol. The topological polar surface area (TPSA) is 78.9 Å². The molecule has 0 unspecified atom stereocenters. The summed E-state index contributed by atoms with van der Waals surface area (Å²) in [5, 5.41) is 0. The predicted octanol–water partition coefficient (Wildman–Crippen LogP) is 13.8. The van der Waals surface area contributed by atoms with Gasteiger partial charge in [0.05, 0.1) is 0 Å². The van der Waals surface area contributed by atoms with Gasteiger partial charge in [0.2, 0.25) is 0 Å². The molecule has 0 aliphatic carbocycles. The van der Waals surface area contributed by atoms with Gasteiger partial charge in [-0.25, -0.2) is 0 Å². The molecule has 0 aromatic carbocycles. The highest BCUT2D eigenvalue weighted by Gasteiger charge is 2.19. The molecule has 0 fully saturated rings. The lowest BCUT2D eigenvalue weighted by Crippen LogP contribution is -2.30. The number of carbonyl (C=O) groups is 3. The van der Waals surface area contributed by atoms with Crippen molar-refractivity contribution in [3.63, 3.8) is 0 Å².